The molecule has 1 aromatic carbocycles. The smallest absolute Gasteiger partial charge is 0.0369 e. The molecule has 2 nitrogen and oxygen atoms in total. The fourth-order valence-electron chi connectivity index (χ4n) is 2.97. The van der Waals surface area contributed by atoms with Crippen molar-refractivity contribution in [2.75, 3.05) is 18.0 Å². The van der Waals surface area contributed by atoms with E-state index >= 15 is 0 Å². The first kappa shape index (κ1) is 10.2. The minimum atomic E-state index is 0.278. The zero-order valence-corrected chi connectivity index (χ0v) is 9.78. The molecule has 2 heteroatoms. The highest BCUT2D eigenvalue weighted by molar-refractivity contribution is 5.53. The number of nitrogens with two attached hydrogens (primary N) is 1. The first-order chi connectivity index (χ1) is 7.84. The molecule has 0 spiro atoms. The quantitative estimate of drug-likeness (QED) is 0.782. The molecule has 16 heavy (non-hydrogen) atoms. The molecule has 2 aliphatic rings. The Balaban J connectivity index is 1.88. The van der Waals surface area contributed by atoms with E-state index < -0.39 is 0 Å². The fraction of sp³-hybridized carbons (Fsp3) is 0.571. The minimum absolute atomic E-state index is 0.278. The molecule has 0 aromatic heterocycles. The number of aryl methyl sites for hydroxylation is 1. The van der Waals surface area contributed by atoms with Crippen molar-refractivity contribution in [2.45, 2.75) is 38.1 Å². The molecule has 0 saturated carbocycles. The Kier molecular flexibility index (Phi) is 2.60. The van der Waals surface area contributed by atoms with E-state index in [9.17, 15) is 0 Å². The lowest BCUT2D eigenvalue weighted by molar-refractivity contribution is 0.577. The lowest BCUT2D eigenvalue weighted by Gasteiger charge is -2.29. The maximum atomic E-state index is 6.13. The van der Waals surface area contributed by atoms with Gasteiger partial charge < -0.3 is 10.6 Å². The van der Waals surface area contributed by atoms with Crippen LogP contribution in [0.5, 0.6) is 0 Å². The average Bonchev–Trinajstić information content (AvgIpc) is 2.72. The zero-order valence-electron chi connectivity index (χ0n) is 9.78. The molecule has 86 valence electrons. The van der Waals surface area contributed by atoms with Crippen LogP contribution in [0.4, 0.5) is 5.69 Å². The van der Waals surface area contributed by atoms with Crippen molar-refractivity contribution < 1.29 is 0 Å². The predicted molar refractivity (Wildman–Crippen MR) is 67.8 cm³/mol. The van der Waals surface area contributed by atoms with E-state index in [0.29, 0.717) is 0 Å². The van der Waals surface area contributed by atoms with E-state index in [4.69, 9.17) is 5.73 Å². The number of benzene rings is 1. The minimum Gasteiger partial charge on any atom is -0.372 e. The van der Waals surface area contributed by atoms with Crippen molar-refractivity contribution in [3.05, 3.63) is 29.3 Å². The number of hydrogen-bond donors (Lipinski definition) is 1. The summed E-state index contributed by atoms with van der Waals surface area (Å²) in [6.45, 7) is 2.43. The van der Waals surface area contributed by atoms with Crippen LogP contribution in [-0.2, 0) is 6.42 Å². The summed E-state index contributed by atoms with van der Waals surface area (Å²) in [7, 11) is 0. The number of nitrogens with zero attached hydrogens (tertiary/aromatic N) is 1. The van der Waals surface area contributed by atoms with Gasteiger partial charge >= 0.3 is 0 Å². The van der Waals surface area contributed by atoms with E-state index in [-0.39, 0.29) is 6.04 Å². The van der Waals surface area contributed by atoms with Crippen LogP contribution in [-0.4, -0.2) is 13.1 Å². The van der Waals surface area contributed by atoms with Crippen molar-refractivity contribution in [1.82, 2.24) is 0 Å². The van der Waals surface area contributed by atoms with Gasteiger partial charge in [0.05, 0.1) is 0 Å². The second-order valence-corrected chi connectivity index (χ2v) is 5.08. The number of anilines is 1. The SMILES string of the molecule is NC1CCc2ccc(N3CCCCC3)cc21. The third kappa shape index (κ3) is 1.71. The van der Waals surface area contributed by atoms with Crippen LogP contribution in [0.2, 0.25) is 0 Å². The largest absolute Gasteiger partial charge is 0.372 e. The Bertz CT molecular complexity index is 380. The molecule has 1 unspecified atom stereocenters. The second-order valence-electron chi connectivity index (χ2n) is 5.08. The molecule has 3 rings (SSSR count). The van der Waals surface area contributed by atoms with Crippen LogP contribution in [0.1, 0.15) is 42.9 Å². The van der Waals surface area contributed by atoms with E-state index in [1.54, 1.807) is 0 Å². The maximum absolute atomic E-state index is 6.13. The van der Waals surface area contributed by atoms with E-state index in [0.717, 1.165) is 12.8 Å². The van der Waals surface area contributed by atoms with E-state index in [2.05, 4.69) is 23.1 Å². The molecule has 1 fully saturated rings. The van der Waals surface area contributed by atoms with Crippen molar-refractivity contribution >= 4 is 5.69 Å². The molecular weight excluding hydrogens is 196 g/mol. The van der Waals surface area contributed by atoms with Gasteiger partial charge in [0.15, 0.2) is 0 Å². The summed E-state index contributed by atoms with van der Waals surface area (Å²) in [5, 5.41) is 0. The summed E-state index contributed by atoms with van der Waals surface area (Å²) in [6, 6.07) is 7.17. The molecular formula is C14H20N2. The van der Waals surface area contributed by atoms with Gasteiger partial charge in [0.1, 0.15) is 0 Å². The molecule has 1 aromatic rings. The van der Waals surface area contributed by atoms with Gasteiger partial charge in [0.2, 0.25) is 0 Å². The molecule has 1 aliphatic heterocycles. The lowest BCUT2D eigenvalue weighted by atomic mass is 10.1. The Morgan fingerprint density at radius 1 is 1.12 bits per heavy atom. The van der Waals surface area contributed by atoms with Crippen LogP contribution < -0.4 is 10.6 Å². The van der Waals surface area contributed by atoms with Crippen LogP contribution in [0.3, 0.4) is 0 Å². The van der Waals surface area contributed by atoms with Gasteiger partial charge in [-0.2, -0.15) is 0 Å². The summed E-state index contributed by atoms with van der Waals surface area (Å²) in [6.07, 6.45) is 6.35. The van der Waals surface area contributed by atoms with Crippen LogP contribution >= 0.6 is 0 Å². The predicted octanol–water partition coefficient (Wildman–Crippen LogP) is 2.62. The lowest BCUT2D eigenvalue weighted by Crippen LogP contribution is -2.29. The molecule has 1 atom stereocenters. The number of hydrogen-bond acceptors (Lipinski definition) is 2. The van der Waals surface area contributed by atoms with Crippen LogP contribution in [0, 0.1) is 0 Å². The Morgan fingerprint density at radius 3 is 2.75 bits per heavy atom. The molecule has 2 N–H and O–H groups in total. The van der Waals surface area contributed by atoms with E-state index in [1.165, 1.54) is 49.2 Å². The first-order valence-electron chi connectivity index (χ1n) is 6.48. The third-order valence-corrected chi connectivity index (χ3v) is 3.97. The molecule has 1 saturated heterocycles. The highest BCUT2D eigenvalue weighted by Crippen LogP contribution is 2.33. The molecule has 0 amide bonds. The second kappa shape index (κ2) is 4.10. The molecule has 0 bridgehead atoms. The van der Waals surface area contributed by atoms with Gasteiger partial charge in [-0.25, -0.2) is 0 Å². The zero-order chi connectivity index (χ0) is 11.0. The monoisotopic (exact) mass is 216 g/mol. The maximum Gasteiger partial charge on any atom is 0.0369 e. The number of piperidine rings is 1. The summed E-state index contributed by atoms with van der Waals surface area (Å²) in [5.74, 6) is 0. The topological polar surface area (TPSA) is 29.3 Å². The Morgan fingerprint density at radius 2 is 1.94 bits per heavy atom. The van der Waals surface area contributed by atoms with Crippen molar-refractivity contribution in [3.8, 4) is 0 Å². The fourth-order valence-corrected chi connectivity index (χ4v) is 2.97. The molecule has 0 radical (unpaired) electrons. The van der Waals surface area contributed by atoms with Crippen LogP contribution in [0.15, 0.2) is 18.2 Å². The number of rotatable bonds is 1. The first-order valence-corrected chi connectivity index (χ1v) is 6.48. The van der Waals surface area contributed by atoms with Gasteiger partial charge in [0, 0.05) is 24.8 Å². The van der Waals surface area contributed by atoms with Gasteiger partial charge in [-0.1, -0.05) is 6.07 Å². The van der Waals surface area contributed by atoms with Crippen molar-refractivity contribution in [3.63, 3.8) is 0 Å². The van der Waals surface area contributed by atoms with E-state index in [1.807, 2.05) is 0 Å². The van der Waals surface area contributed by atoms with Gasteiger partial charge in [-0.3, -0.25) is 0 Å². The van der Waals surface area contributed by atoms with Crippen LogP contribution in [0.25, 0.3) is 0 Å². The summed E-state index contributed by atoms with van der Waals surface area (Å²) in [5.41, 5.74) is 10.4. The summed E-state index contributed by atoms with van der Waals surface area (Å²) < 4.78 is 0. The Hall–Kier alpha value is -1.02. The average molecular weight is 216 g/mol. The van der Waals surface area contributed by atoms with Crippen molar-refractivity contribution in [2.24, 2.45) is 5.73 Å². The third-order valence-electron chi connectivity index (χ3n) is 3.97. The number of fused-ring (bicyclic) bond motifs is 1. The van der Waals surface area contributed by atoms with Gasteiger partial charge in [0.25, 0.3) is 0 Å². The normalized spacial score (nSPS) is 24.6. The van der Waals surface area contributed by atoms with Gasteiger partial charge in [-0.15, -0.1) is 0 Å². The summed E-state index contributed by atoms with van der Waals surface area (Å²) >= 11 is 0. The Labute approximate surface area is 97.4 Å². The van der Waals surface area contributed by atoms with Gasteiger partial charge in [-0.05, 0) is 55.4 Å². The van der Waals surface area contributed by atoms with Crippen molar-refractivity contribution in [1.29, 1.82) is 0 Å². The standard InChI is InChI=1S/C14H20N2/c15-14-7-5-11-4-6-12(10-13(11)14)16-8-2-1-3-9-16/h4,6,10,14H,1-3,5,7-9,15H2. The highest BCUT2D eigenvalue weighted by atomic mass is 15.1. The molecule has 1 heterocycles. The molecule has 1 aliphatic carbocycles. The summed E-state index contributed by atoms with van der Waals surface area (Å²) in [4.78, 5) is 2.51. The highest BCUT2D eigenvalue weighted by Gasteiger charge is 2.20.